The first-order valence-electron chi connectivity index (χ1n) is 5.24. The van der Waals surface area contributed by atoms with Crippen LogP contribution >= 0.6 is 22.6 Å². The summed E-state index contributed by atoms with van der Waals surface area (Å²) in [7, 11) is -3.25. The lowest BCUT2D eigenvalue weighted by molar-refractivity contribution is 0.588. The van der Waals surface area contributed by atoms with Crippen LogP contribution in [0.3, 0.4) is 0 Å². The molecule has 1 aromatic rings. The maximum Gasteiger partial charge on any atom is 0.264 e. The highest BCUT2D eigenvalue weighted by Gasteiger charge is 2.21. The van der Waals surface area contributed by atoms with Crippen molar-refractivity contribution in [2.75, 3.05) is 6.26 Å². The van der Waals surface area contributed by atoms with E-state index in [2.05, 4.69) is 9.97 Å². The van der Waals surface area contributed by atoms with E-state index in [0.29, 0.717) is 15.7 Å². The molecule has 0 spiro atoms. The van der Waals surface area contributed by atoms with Crippen LogP contribution in [0.25, 0.3) is 0 Å². The number of aromatic nitrogens is 2. The van der Waals surface area contributed by atoms with Crippen LogP contribution in [0.15, 0.2) is 4.79 Å². The number of aromatic amines is 1. The van der Waals surface area contributed by atoms with Crippen molar-refractivity contribution >= 4 is 32.4 Å². The molecule has 0 radical (unpaired) electrons. The predicted octanol–water partition coefficient (Wildman–Crippen LogP) is 1.43. The summed E-state index contributed by atoms with van der Waals surface area (Å²) in [5, 5.41) is -0.789. The minimum absolute atomic E-state index is 0.223. The highest BCUT2D eigenvalue weighted by Crippen LogP contribution is 2.17. The number of rotatable bonds is 4. The lowest BCUT2D eigenvalue weighted by atomic mass is 10.2. The normalized spacial score (nSPS) is 13.6. The van der Waals surface area contributed by atoms with Gasteiger partial charge in [-0.2, -0.15) is 0 Å². The molecule has 0 aliphatic rings. The van der Waals surface area contributed by atoms with Gasteiger partial charge in [0.1, 0.15) is 11.1 Å². The standard InChI is InChI=1S/C10H15IN2O3S/c1-4-5-7-8(11)10(14)13-9(12-7)6(2)17(3,15)16/h6H,4-5H2,1-3H3,(H,12,13,14). The molecule has 17 heavy (non-hydrogen) atoms. The van der Waals surface area contributed by atoms with Crippen molar-refractivity contribution in [3.63, 3.8) is 0 Å². The molecular formula is C10H15IN2O3S. The third kappa shape index (κ3) is 3.51. The molecule has 0 fully saturated rings. The Bertz CT molecular complexity index is 565. The minimum Gasteiger partial charge on any atom is -0.309 e. The van der Waals surface area contributed by atoms with Crippen LogP contribution in [-0.2, 0) is 16.3 Å². The number of nitrogens with one attached hydrogen (secondary N) is 1. The van der Waals surface area contributed by atoms with Crippen molar-refractivity contribution in [1.29, 1.82) is 0 Å². The molecule has 5 nitrogen and oxygen atoms in total. The molecule has 0 aliphatic heterocycles. The SMILES string of the molecule is CCCc1nc(C(C)S(C)(=O)=O)[nH]c(=O)c1I. The summed E-state index contributed by atoms with van der Waals surface area (Å²) in [6.07, 6.45) is 2.67. The summed E-state index contributed by atoms with van der Waals surface area (Å²) in [4.78, 5) is 18.4. The van der Waals surface area contributed by atoms with Crippen LogP contribution in [0.2, 0.25) is 0 Å². The van der Waals surface area contributed by atoms with Crippen LogP contribution in [0.4, 0.5) is 0 Å². The average Bonchev–Trinajstić information content (AvgIpc) is 2.22. The van der Waals surface area contributed by atoms with E-state index in [4.69, 9.17) is 0 Å². The highest BCUT2D eigenvalue weighted by atomic mass is 127. The van der Waals surface area contributed by atoms with E-state index < -0.39 is 15.1 Å². The lowest BCUT2D eigenvalue weighted by Gasteiger charge is -2.10. The van der Waals surface area contributed by atoms with Gasteiger partial charge < -0.3 is 4.98 Å². The number of hydrogen-bond acceptors (Lipinski definition) is 4. The van der Waals surface area contributed by atoms with Crippen molar-refractivity contribution in [2.24, 2.45) is 0 Å². The van der Waals surface area contributed by atoms with Crippen LogP contribution in [0.5, 0.6) is 0 Å². The quantitative estimate of drug-likeness (QED) is 0.814. The number of H-pyrrole nitrogens is 1. The Kier molecular flexibility index (Phi) is 4.70. The van der Waals surface area contributed by atoms with Crippen molar-refractivity contribution in [2.45, 2.75) is 31.9 Å². The van der Waals surface area contributed by atoms with Gasteiger partial charge in [0.05, 0.1) is 9.26 Å². The monoisotopic (exact) mass is 370 g/mol. The fraction of sp³-hybridized carbons (Fsp3) is 0.600. The number of nitrogens with zero attached hydrogens (tertiary/aromatic N) is 1. The maximum absolute atomic E-state index is 11.7. The Labute approximate surface area is 114 Å². The van der Waals surface area contributed by atoms with E-state index in [1.807, 2.05) is 29.5 Å². The molecule has 0 bridgehead atoms. The summed E-state index contributed by atoms with van der Waals surface area (Å²) < 4.78 is 23.4. The lowest BCUT2D eigenvalue weighted by Crippen LogP contribution is -2.22. The molecule has 0 saturated carbocycles. The van der Waals surface area contributed by atoms with Crippen molar-refractivity contribution in [3.05, 3.63) is 25.4 Å². The van der Waals surface area contributed by atoms with E-state index in [-0.39, 0.29) is 11.4 Å². The molecule has 1 rings (SSSR count). The van der Waals surface area contributed by atoms with Gasteiger partial charge in [-0.15, -0.1) is 0 Å². The van der Waals surface area contributed by atoms with E-state index in [1.165, 1.54) is 6.92 Å². The van der Waals surface area contributed by atoms with Gasteiger partial charge >= 0.3 is 0 Å². The van der Waals surface area contributed by atoms with Crippen molar-refractivity contribution in [3.8, 4) is 0 Å². The number of sulfone groups is 1. The second kappa shape index (κ2) is 5.47. The Morgan fingerprint density at radius 3 is 2.53 bits per heavy atom. The largest absolute Gasteiger partial charge is 0.309 e. The molecule has 1 unspecified atom stereocenters. The summed E-state index contributed by atoms with van der Waals surface area (Å²) >= 11 is 1.93. The van der Waals surface area contributed by atoms with E-state index in [1.54, 1.807) is 0 Å². The Hall–Kier alpha value is -0.440. The van der Waals surface area contributed by atoms with Crippen LogP contribution in [0, 0.1) is 3.57 Å². The molecule has 0 saturated heterocycles. The molecule has 7 heteroatoms. The first kappa shape index (κ1) is 14.6. The molecule has 1 N–H and O–H groups in total. The number of hydrogen-bond donors (Lipinski definition) is 1. The Morgan fingerprint density at radius 2 is 2.06 bits per heavy atom. The zero-order chi connectivity index (χ0) is 13.2. The van der Waals surface area contributed by atoms with Gasteiger partial charge in [-0.3, -0.25) is 4.79 Å². The first-order valence-corrected chi connectivity index (χ1v) is 8.28. The first-order chi connectivity index (χ1) is 7.77. The Balaban J connectivity index is 3.33. The fourth-order valence-corrected chi connectivity index (χ4v) is 2.36. The second-order valence-corrected chi connectivity index (χ2v) is 7.38. The smallest absolute Gasteiger partial charge is 0.264 e. The molecule has 1 atom stereocenters. The maximum atomic E-state index is 11.7. The van der Waals surface area contributed by atoms with Crippen LogP contribution in [0.1, 0.15) is 37.0 Å². The summed E-state index contributed by atoms with van der Waals surface area (Å²) in [5.74, 6) is 0.223. The van der Waals surface area contributed by atoms with E-state index >= 15 is 0 Å². The molecule has 0 aromatic carbocycles. The minimum atomic E-state index is -3.25. The summed E-state index contributed by atoms with van der Waals surface area (Å²) in [6.45, 7) is 3.51. The van der Waals surface area contributed by atoms with Gasteiger partial charge in [0.2, 0.25) is 0 Å². The van der Waals surface area contributed by atoms with Gasteiger partial charge in [-0.1, -0.05) is 13.3 Å². The molecule has 0 aliphatic carbocycles. The summed E-state index contributed by atoms with van der Waals surface area (Å²) in [6, 6.07) is 0. The molecule has 96 valence electrons. The van der Waals surface area contributed by atoms with Gasteiger partial charge in [0, 0.05) is 6.26 Å². The number of halogens is 1. The molecule has 1 aromatic heterocycles. The molecular weight excluding hydrogens is 355 g/mol. The molecule has 0 amide bonds. The Morgan fingerprint density at radius 1 is 1.47 bits per heavy atom. The van der Waals surface area contributed by atoms with Gasteiger partial charge in [-0.05, 0) is 35.9 Å². The van der Waals surface area contributed by atoms with Crippen molar-refractivity contribution < 1.29 is 8.42 Å². The molecule has 1 heterocycles. The predicted molar refractivity (Wildman–Crippen MR) is 74.8 cm³/mol. The van der Waals surface area contributed by atoms with Gasteiger partial charge in [0.25, 0.3) is 5.56 Å². The van der Waals surface area contributed by atoms with E-state index in [0.717, 1.165) is 12.7 Å². The third-order valence-corrected chi connectivity index (χ3v) is 5.08. The zero-order valence-electron chi connectivity index (χ0n) is 9.95. The second-order valence-electron chi connectivity index (χ2n) is 3.93. The average molecular weight is 370 g/mol. The van der Waals surface area contributed by atoms with Gasteiger partial charge in [-0.25, -0.2) is 13.4 Å². The van der Waals surface area contributed by atoms with Crippen LogP contribution in [-0.4, -0.2) is 24.6 Å². The highest BCUT2D eigenvalue weighted by molar-refractivity contribution is 14.1. The van der Waals surface area contributed by atoms with Crippen molar-refractivity contribution in [1.82, 2.24) is 9.97 Å². The fourth-order valence-electron chi connectivity index (χ4n) is 1.32. The number of aryl methyl sites for hydroxylation is 1. The van der Waals surface area contributed by atoms with Crippen LogP contribution < -0.4 is 5.56 Å². The topological polar surface area (TPSA) is 79.9 Å². The summed E-state index contributed by atoms with van der Waals surface area (Å²) in [5.41, 5.74) is 0.400. The van der Waals surface area contributed by atoms with Gasteiger partial charge in [0.15, 0.2) is 9.84 Å². The third-order valence-electron chi connectivity index (χ3n) is 2.46. The van der Waals surface area contributed by atoms with E-state index in [9.17, 15) is 13.2 Å². The zero-order valence-corrected chi connectivity index (χ0v) is 12.9.